The van der Waals surface area contributed by atoms with E-state index >= 15 is 0 Å². The van der Waals surface area contributed by atoms with Gasteiger partial charge in [-0.15, -0.1) is 0 Å². The third-order valence-corrected chi connectivity index (χ3v) is 1.95. The van der Waals surface area contributed by atoms with Crippen molar-refractivity contribution in [1.29, 1.82) is 0 Å². The van der Waals surface area contributed by atoms with E-state index < -0.39 is 6.86 Å². The van der Waals surface area contributed by atoms with Crippen LogP contribution >= 0.6 is 0 Å². The van der Waals surface area contributed by atoms with Crippen LogP contribution in [-0.2, 0) is 4.84 Å². The van der Waals surface area contributed by atoms with E-state index in [0.29, 0.717) is 5.75 Å². The fourth-order valence-corrected chi connectivity index (χ4v) is 1.24. The standard InChI is InChI=1S/C11H14FNO2/c1-3-11(13-14-2)9-4-6-10(7-5-9)15-8-12/h4-7H,3,8H2,1-2H3/b13-11+. The maximum absolute atomic E-state index is 11.9. The molecule has 0 aliphatic heterocycles. The highest BCUT2D eigenvalue weighted by molar-refractivity contribution is 6.00. The summed E-state index contributed by atoms with van der Waals surface area (Å²) in [6, 6.07) is 7.06. The van der Waals surface area contributed by atoms with Crippen LogP contribution < -0.4 is 4.74 Å². The Bertz CT molecular complexity index is 322. The van der Waals surface area contributed by atoms with Crippen molar-refractivity contribution in [2.75, 3.05) is 14.0 Å². The lowest BCUT2D eigenvalue weighted by Gasteiger charge is -2.04. The predicted octanol–water partition coefficient (Wildman–Crippen LogP) is 2.75. The van der Waals surface area contributed by atoms with Crippen LogP contribution in [0.15, 0.2) is 29.4 Å². The first kappa shape index (κ1) is 11.5. The van der Waals surface area contributed by atoms with Crippen molar-refractivity contribution in [2.45, 2.75) is 13.3 Å². The molecule has 82 valence electrons. The number of rotatable bonds is 5. The van der Waals surface area contributed by atoms with E-state index in [1.165, 1.54) is 7.11 Å². The van der Waals surface area contributed by atoms with Crippen LogP contribution in [0.4, 0.5) is 4.39 Å². The van der Waals surface area contributed by atoms with Crippen LogP contribution in [0.1, 0.15) is 18.9 Å². The number of oxime groups is 1. The summed E-state index contributed by atoms with van der Waals surface area (Å²) in [5, 5.41) is 3.89. The Morgan fingerprint density at radius 1 is 1.33 bits per heavy atom. The molecule has 0 heterocycles. The van der Waals surface area contributed by atoms with Crippen molar-refractivity contribution in [3.63, 3.8) is 0 Å². The van der Waals surface area contributed by atoms with Crippen LogP contribution in [0.5, 0.6) is 5.75 Å². The number of hydrogen-bond donors (Lipinski definition) is 0. The summed E-state index contributed by atoms with van der Waals surface area (Å²) in [6.45, 7) is 1.18. The molecule has 0 bridgehead atoms. The second-order valence-corrected chi connectivity index (χ2v) is 2.85. The van der Waals surface area contributed by atoms with Crippen LogP contribution in [-0.4, -0.2) is 19.7 Å². The molecule has 0 aliphatic carbocycles. The summed E-state index contributed by atoms with van der Waals surface area (Å²) in [7, 11) is 1.51. The van der Waals surface area contributed by atoms with Crippen LogP contribution in [0.3, 0.4) is 0 Å². The molecule has 0 aromatic heterocycles. The van der Waals surface area contributed by atoms with Gasteiger partial charge in [0.25, 0.3) is 0 Å². The van der Waals surface area contributed by atoms with E-state index in [2.05, 4.69) is 5.16 Å². The molecule has 1 aromatic rings. The van der Waals surface area contributed by atoms with E-state index in [1.807, 2.05) is 19.1 Å². The smallest absolute Gasteiger partial charge is 0.228 e. The second-order valence-electron chi connectivity index (χ2n) is 2.85. The molecular weight excluding hydrogens is 197 g/mol. The van der Waals surface area contributed by atoms with Gasteiger partial charge < -0.3 is 9.57 Å². The monoisotopic (exact) mass is 211 g/mol. The van der Waals surface area contributed by atoms with Crippen molar-refractivity contribution in [2.24, 2.45) is 5.16 Å². The minimum atomic E-state index is -0.813. The van der Waals surface area contributed by atoms with Crippen molar-refractivity contribution in [1.82, 2.24) is 0 Å². The topological polar surface area (TPSA) is 30.8 Å². The van der Waals surface area contributed by atoms with Gasteiger partial charge in [0.05, 0.1) is 5.71 Å². The third-order valence-electron chi connectivity index (χ3n) is 1.95. The fourth-order valence-electron chi connectivity index (χ4n) is 1.24. The van der Waals surface area contributed by atoms with E-state index in [9.17, 15) is 4.39 Å². The van der Waals surface area contributed by atoms with E-state index in [0.717, 1.165) is 17.7 Å². The SMILES string of the molecule is CC/C(=N\OC)c1ccc(OCF)cc1. The first-order chi connectivity index (χ1) is 7.31. The number of benzene rings is 1. The summed E-state index contributed by atoms with van der Waals surface area (Å²) in [4.78, 5) is 4.72. The molecule has 0 amide bonds. The normalized spacial score (nSPS) is 11.3. The number of halogens is 1. The minimum absolute atomic E-state index is 0.508. The highest BCUT2D eigenvalue weighted by Crippen LogP contribution is 2.14. The minimum Gasteiger partial charge on any atom is -0.463 e. The highest BCUT2D eigenvalue weighted by Gasteiger charge is 2.02. The molecule has 1 rings (SSSR count). The number of nitrogens with zero attached hydrogens (tertiary/aromatic N) is 1. The zero-order valence-electron chi connectivity index (χ0n) is 8.87. The van der Waals surface area contributed by atoms with Gasteiger partial charge in [-0.05, 0) is 36.2 Å². The number of alkyl halides is 1. The molecule has 15 heavy (non-hydrogen) atoms. The van der Waals surface area contributed by atoms with Crippen LogP contribution in [0.25, 0.3) is 0 Å². The van der Waals surface area contributed by atoms with E-state index in [4.69, 9.17) is 9.57 Å². The van der Waals surface area contributed by atoms with Gasteiger partial charge in [-0.1, -0.05) is 12.1 Å². The first-order valence-electron chi connectivity index (χ1n) is 4.71. The lowest BCUT2D eigenvalue weighted by molar-refractivity contribution is 0.192. The summed E-state index contributed by atoms with van der Waals surface area (Å²) < 4.78 is 16.6. The lowest BCUT2D eigenvalue weighted by Crippen LogP contribution is -1.99. The number of hydrogen-bond acceptors (Lipinski definition) is 3. The Morgan fingerprint density at radius 2 is 2.00 bits per heavy atom. The zero-order chi connectivity index (χ0) is 11.1. The second kappa shape index (κ2) is 6.01. The molecule has 0 radical (unpaired) electrons. The quantitative estimate of drug-likeness (QED) is 0.554. The summed E-state index contributed by atoms with van der Waals surface area (Å²) in [5.41, 5.74) is 1.80. The molecule has 0 atom stereocenters. The average Bonchev–Trinajstić information content (AvgIpc) is 2.28. The predicted molar refractivity (Wildman–Crippen MR) is 56.9 cm³/mol. The summed E-state index contributed by atoms with van der Waals surface area (Å²) in [6.07, 6.45) is 0.775. The van der Waals surface area contributed by atoms with E-state index in [1.54, 1.807) is 12.1 Å². The lowest BCUT2D eigenvalue weighted by atomic mass is 10.1. The zero-order valence-corrected chi connectivity index (χ0v) is 8.87. The van der Waals surface area contributed by atoms with Gasteiger partial charge in [0.1, 0.15) is 12.9 Å². The van der Waals surface area contributed by atoms with Crippen molar-refractivity contribution in [3.8, 4) is 5.75 Å². The maximum Gasteiger partial charge on any atom is 0.228 e. The molecule has 3 nitrogen and oxygen atoms in total. The fraction of sp³-hybridized carbons (Fsp3) is 0.364. The molecule has 0 N–H and O–H groups in total. The van der Waals surface area contributed by atoms with Gasteiger partial charge in [0, 0.05) is 0 Å². The average molecular weight is 211 g/mol. The maximum atomic E-state index is 11.9. The molecule has 1 aromatic carbocycles. The van der Waals surface area contributed by atoms with Crippen molar-refractivity contribution in [3.05, 3.63) is 29.8 Å². The molecular formula is C11H14FNO2. The Morgan fingerprint density at radius 3 is 2.47 bits per heavy atom. The summed E-state index contributed by atoms with van der Waals surface area (Å²) in [5.74, 6) is 0.508. The van der Waals surface area contributed by atoms with Gasteiger partial charge in [0.15, 0.2) is 0 Å². The van der Waals surface area contributed by atoms with Gasteiger partial charge in [-0.2, -0.15) is 0 Å². The van der Waals surface area contributed by atoms with Gasteiger partial charge >= 0.3 is 0 Å². The Hall–Kier alpha value is -1.58. The van der Waals surface area contributed by atoms with Gasteiger partial charge in [-0.25, -0.2) is 4.39 Å². The largest absolute Gasteiger partial charge is 0.463 e. The molecule has 0 saturated heterocycles. The molecule has 0 spiro atoms. The summed E-state index contributed by atoms with van der Waals surface area (Å²) >= 11 is 0. The third kappa shape index (κ3) is 3.23. The molecule has 4 heteroatoms. The van der Waals surface area contributed by atoms with Crippen molar-refractivity contribution >= 4 is 5.71 Å². The molecule has 0 unspecified atom stereocenters. The Balaban J connectivity index is 2.82. The van der Waals surface area contributed by atoms with Crippen molar-refractivity contribution < 1.29 is 14.0 Å². The molecule has 0 fully saturated rings. The molecule has 0 aliphatic rings. The van der Waals surface area contributed by atoms with Crippen LogP contribution in [0.2, 0.25) is 0 Å². The first-order valence-corrected chi connectivity index (χ1v) is 4.71. The highest BCUT2D eigenvalue weighted by atomic mass is 19.1. The molecule has 0 saturated carbocycles. The van der Waals surface area contributed by atoms with E-state index in [-0.39, 0.29) is 0 Å². The Kier molecular flexibility index (Phi) is 4.60. The number of ether oxygens (including phenoxy) is 1. The Labute approximate surface area is 88.5 Å². The van der Waals surface area contributed by atoms with Crippen LogP contribution in [0, 0.1) is 0 Å². The van der Waals surface area contributed by atoms with Gasteiger partial charge in [0.2, 0.25) is 6.86 Å². The van der Waals surface area contributed by atoms with Gasteiger partial charge in [-0.3, -0.25) is 0 Å².